The fourth-order valence-electron chi connectivity index (χ4n) is 3.58. The Labute approximate surface area is 159 Å². The highest BCUT2D eigenvalue weighted by Crippen LogP contribution is 2.26. The summed E-state index contributed by atoms with van der Waals surface area (Å²) in [5, 5.41) is 9.83. The topological polar surface area (TPSA) is 53.0 Å². The molecule has 1 saturated heterocycles. The van der Waals surface area contributed by atoms with E-state index >= 15 is 0 Å². The van der Waals surface area contributed by atoms with E-state index in [4.69, 9.17) is 4.74 Å². The Morgan fingerprint density at radius 2 is 1.93 bits per heavy atom. The lowest BCUT2D eigenvalue weighted by atomic mass is 10.0. The van der Waals surface area contributed by atoms with Crippen molar-refractivity contribution in [3.63, 3.8) is 0 Å². The summed E-state index contributed by atoms with van der Waals surface area (Å²) in [7, 11) is 1.58. The van der Waals surface area contributed by atoms with E-state index in [9.17, 15) is 14.3 Å². The van der Waals surface area contributed by atoms with E-state index in [0.29, 0.717) is 18.8 Å². The predicted molar refractivity (Wildman–Crippen MR) is 101 cm³/mol. The lowest BCUT2D eigenvalue weighted by molar-refractivity contribution is -0.143. The van der Waals surface area contributed by atoms with E-state index in [0.717, 1.165) is 37.2 Å². The van der Waals surface area contributed by atoms with E-state index in [1.54, 1.807) is 25.3 Å². The highest BCUT2D eigenvalue weighted by molar-refractivity contribution is 5.75. The smallest absolute Gasteiger partial charge is 0.325 e. The van der Waals surface area contributed by atoms with E-state index in [1.807, 2.05) is 23.1 Å². The average molecular weight is 372 g/mol. The third-order valence-corrected chi connectivity index (χ3v) is 4.95. The van der Waals surface area contributed by atoms with Gasteiger partial charge in [0.2, 0.25) is 0 Å². The third-order valence-electron chi connectivity index (χ3n) is 4.95. The molecule has 1 aliphatic rings. The Balaban J connectivity index is 1.69. The van der Waals surface area contributed by atoms with Crippen LogP contribution in [-0.2, 0) is 11.3 Å². The molecule has 2 aromatic rings. The van der Waals surface area contributed by atoms with Gasteiger partial charge in [0.1, 0.15) is 17.6 Å². The van der Waals surface area contributed by atoms with Crippen molar-refractivity contribution in [2.75, 3.05) is 33.3 Å². The number of carbonyl (C=O) groups is 1. The van der Waals surface area contributed by atoms with Gasteiger partial charge in [-0.25, -0.2) is 4.39 Å². The standard InChI is InChI=1S/C21H25FN2O3/c1-27-19-5-2-4-17(14-19)20(21(25)26)24-11-3-10-23(12-13-24)15-16-6-8-18(22)9-7-16/h2,4-9,14,20H,3,10-13,15H2,1H3,(H,25,26)/t20-/m1/s1. The summed E-state index contributed by atoms with van der Waals surface area (Å²) in [5.41, 5.74) is 1.79. The zero-order chi connectivity index (χ0) is 19.2. The molecule has 6 heteroatoms. The van der Waals surface area contributed by atoms with Crippen LogP contribution in [0.5, 0.6) is 5.75 Å². The SMILES string of the molecule is COc1cccc([C@H](C(=O)O)N2CCCN(Cc3ccc(F)cc3)CC2)c1. The highest BCUT2D eigenvalue weighted by atomic mass is 19.1. The Morgan fingerprint density at radius 1 is 1.15 bits per heavy atom. The zero-order valence-corrected chi connectivity index (χ0v) is 15.5. The normalized spacial score (nSPS) is 17.3. The number of aliphatic carboxylic acids is 1. The second-order valence-electron chi connectivity index (χ2n) is 6.81. The zero-order valence-electron chi connectivity index (χ0n) is 15.5. The summed E-state index contributed by atoms with van der Waals surface area (Å²) < 4.78 is 18.3. The molecular formula is C21H25FN2O3. The number of benzene rings is 2. The maximum absolute atomic E-state index is 13.1. The Morgan fingerprint density at radius 3 is 2.63 bits per heavy atom. The summed E-state index contributed by atoms with van der Waals surface area (Å²) in [6.07, 6.45) is 0.884. The van der Waals surface area contributed by atoms with Crippen LogP contribution in [0.15, 0.2) is 48.5 Å². The second kappa shape index (κ2) is 8.97. The highest BCUT2D eigenvalue weighted by Gasteiger charge is 2.29. The average Bonchev–Trinajstić information content (AvgIpc) is 2.89. The van der Waals surface area contributed by atoms with Crippen LogP contribution in [0.25, 0.3) is 0 Å². The minimum atomic E-state index is -0.852. The van der Waals surface area contributed by atoms with Crippen molar-refractivity contribution in [2.45, 2.75) is 19.0 Å². The molecule has 0 saturated carbocycles. The minimum absolute atomic E-state index is 0.233. The predicted octanol–water partition coefficient (Wildman–Crippen LogP) is 3.17. The number of methoxy groups -OCH3 is 1. The van der Waals surface area contributed by atoms with Crippen LogP contribution in [0.3, 0.4) is 0 Å². The number of halogens is 1. The molecular weight excluding hydrogens is 347 g/mol. The molecule has 1 atom stereocenters. The summed E-state index contributed by atoms with van der Waals surface area (Å²) in [6, 6.07) is 13.1. The van der Waals surface area contributed by atoms with Crippen molar-refractivity contribution < 1.29 is 19.0 Å². The number of ether oxygens (including phenoxy) is 1. The third kappa shape index (κ3) is 5.05. The van der Waals surface area contributed by atoms with Gasteiger partial charge in [0.15, 0.2) is 0 Å². The maximum atomic E-state index is 13.1. The summed E-state index contributed by atoms with van der Waals surface area (Å²) in [5.74, 6) is -0.426. The van der Waals surface area contributed by atoms with Gasteiger partial charge >= 0.3 is 5.97 Å². The number of hydrogen-bond acceptors (Lipinski definition) is 4. The molecule has 0 aromatic heterocycles. The van der Waals surface area contributed by atoms with Crippen molar-refractivity contribution in [3.8, 4) is 5.75 Å². The van der Waals surface area contributed by atoms with Crippen LogP contribution >= 0.6 is 0 Å². The maximum Gasteiger partial charge on any atom is 0.325 e. The first-order valence-electron chi connectivity index (χ1n) is 9.14. The Bertz CT molecular complexity index is 766. The van der Waals surface area contributed by atoms with Crippen molar-refractivity contribution in [3.05, 3.63) is 65.5 Å². The molecule has 1 heterocycles. The van der Waals surface area contributed by atoms with Crippen LogP contribution < -0.4 is 4.74 Å². The van der Waals surface area contributed by atoms with E-state index in [-0.39, 0.29) is 5.82 Å². The van der Waals surface area contributed by atoms with Gasteiger partial charge in [-0.1, -0.05) is 24.3 Å². The molecule has 0 bridgehead atoms. The Hall–Kier alpha value is -2.44. The van der Waals surface area contributed by atoms with Gasteiger partial charge in [-0.05, 0) is 48.4 Å². The first-order chi connectivity index (χ1) is 13.1. The van der Waals surface area contributed by atoms with Gasteiger partial charge in [0.25, 0.3) is 0 Å². The van der Waals surface area contributed by atoms with Crippen LogP contribution in [0.4, 0.5) is 4.39 Å². The molecule has 1 N–H and O–H groups in total. The molecule has 1 aliphatic heterocycles. The lowest BCUT2D eigenvalue weighted by Gasteiger charge is -2.28. The molecule has 5 nitrogen and oxygen atoms in total. The quantitative estimate of drug-likeness (QED) is 0.844. The fourth-order valence-corrected chi connectivity index (χ4v) is 3.58. The molecule has 0 spiro atoms. The van der Waals surface area contributed by atoms with Crippen LogP contribution in [-0.4, -0.2) is 54.2 Å². The largest absolute Gasteiger partial charge is 0.497 e. The van der Waals surface area contributed by atoms with Crippen LogP contribution in [0.2, 0.25) is 0 Å². The van der Waals surface area contributed by atoms with Crippen molar-refractivity contribution in [2.24, 2.45) is 0 Å². The van der Waals surface area contributed by atoms with Crippen molar-refractivity contribution >= 4 is 5.97 Å². The number of rotatable bonds is 6. The first-order valence-corrected chi connectivity index (χ1v) is 9.14. The molecule has 144 valence electrons. The molecule has 0 radical (unpaired) electrons. The van der Waals surface area contributed by atoms with Gasteiger partial charge in [-0.15, -0.1) is 0 Å². The number of nitrogens with zero attached hydrogens (tertiary/aromatic N) is 2. The first kappa shape index (κ1) is 19.3. The number of hydrogen-bond donors (Lipinski definition) is 1. The molecule has 1 fully saturated rings. The van der Waals surface area contributed by atoms with Gasteiger partial charge in [0, 0.05) is 26.2 Å². The van der Waals surface area contributed by atoms with Gasteiger partial charge in [-0.2, -0.15) is 0 Å². The minimum Gasteiger partial charge on any atom is -0.497 e. The summed E-state index contributed by atoms with van der Waals surface area (Å²) in [4.78, 5) is 16.3. The molecule has 0 aliphatic carbocycles. The van der Waals surface area contributed by atoms with Gasteiger partial charge < -0.3 is 9.84 Å². The molecule has 3 rings (SSSR count). The molecule has 0 amide bonds. The second-order valence-corrected chi connectivity index (χ2v) is 6.81. The van der Waals surface area contributed by atoms with Crippen LogP contribution in [0.1, 0.15) is 23.6 Å². The summed E-state index contributed by atoms with van der Waals surface area (Å²) >= 11 is 0. The monoisotopic (exact) mass is 372 g/mol. The summed E-state index contributed by atoms with van der Waals surface area (Å²) in [6.45, 7) is 3.78. The number of carboxylic acid groups (broad SMARTS) is 1. The molecule has 2 aromatic carbocycles. The van der Waals surface area contributed by atoms with Gasteiger partial charge in [-0.3, -0.25) is 14.6 Å². The van der Waals surface area contributed by atoms with E-state index < -0.39 is 12.0 Å². The van der Waals surface area contributed by atoms with E-state index in [2.05, 4.69) is 4.90 Å². The molecule has 0 unspecified atom stereocenters. The van der Waals surface area contributed by atoms with Gasteiger partial charge in [0.05, 0.1) is 7.11 Å². The number of carboxylic acids is 1. The lowest BCUT2D eigenvalue weighted by Crippen LogP contribution is -2.37. The van der Waals surface area contributed by atoms with E-state index in [1.165, 1.54) is 12.1 Å². The van der Waals surface area contributed by atoms with Crippen LogP contribution in [0, 0.1) is 5.82 Å². The van der Waals surface area contributed by atoms with Crippen molar-refractivity contribution in [1.82, 2.24) is 9.80 Å². The van der Waals surface area contributed by atoms with Crippen molar-refractivity contribution in [1.29, 1.82) is 0 Å². The molecule has 27 heavy (non-hydrogen) atoms. The fraction of sp³-hybridized carbons (Fsp3) is 0.381. The Kier molecular flexibility index (Phi) is 6.42.